The molecular formula is C20H17BrClFN4OS. The van der Waals surface area contributed by atoms with E-state index >= 15 is 0 Å². The predicted molar refractivity (Wildman–Crippen MR) is 119 cm³/mol. The maximum atomic E-state index is 13.3. The van der Waals surface area contributed by atoms with Crippen LogP contribution in [0.2, 0.25) is 0 Å². The van der Waals surface area contributed by atoms with Crippen molar-refractivity contribution in [1.82, 2.24) is 14.5 Å². The highest BCUT2D eigenvalue weighted by atomic mass is 79.9. The van der Waals surface area contributed by atoms with Gasteiger partial charge in [-0.15, -0.1) is 12.4 Å². The van der Waals surface area contributed by atoms with E-state index in [1.807, 2.05) is 29.0 Å². The lowest BCUT2D eigenvalue weighted by Crippen LogP contribution is -2.32. The van der Waals surface area contributed by atoms with Gasteiger partial charge in [0.05, 0.1) is 16.5 Å². The van der Waals surface area contributed by atoms with E-state index in [-0.39, 0.29) is 24.1 Å². The molecule has 4 aromatic rings. The second-order valence-electron chi connectivity index (χ2n) is 6.23. The van der Waals surface area contributed by atoms with E-state index in [2.05, 4.69) is 25.9 Å². The Morgan fingerprint density at radius 1 is 1.21 bits per heavy atom. The molecule has 4 rings (SSSR count). The van der Waals surface area contributed by atoms with Crippen LogP contribution in [0.15, 0.2) is 65.7 Å². The Hall–Kier alpha value is -2.29. The Kier molecular flexibility index (Phi) is 7.00. The zero-order valence-electron chi connectivity index (χ0n) is 15.2. The first-order valence-corrected chi connectivity index (χ1v) is 10.3. The minimum absolute atomic E-state index is 0. The molecule has 0 atom stereocenters. The molecule has 0 saturated carbocycles. The summed E-state index contributed by atoms with van der Waals surface area (Å²) in [6.07, 6.45) is 6.11. The SMILES string of the molecule is Cl.O=C(c1ccc(F)cc1)N(CCCn1ccnc1)c1nc2ccc(Br)cc2s1. The number of benzene rings is 2. The summed E-state index contributed by atoms with van der Waals surface area (Å²) in [7, 11) is 0. The van der Waals surface area contributed by atoms with Gasteiger partial charge in [0.15, 0.2) is 5.13 Å². The van der Waals surface area contributed by atoms with E-state index in [0.29, 0.717) is 17.2 Å². The highest BCUT2D eigenvalue weighted by Gasteiger charge is 2.21. The summed E-state index contributed by atoms with van der Waals surface area (Å²) in [6.45, 7) is 1.24. The van der Waals surface area contributed by atoms with Gasteiger partial charge >= 0.3 is 0 Å². The standard InChI is InChI=1S/C20H16BrFN4OS.ClH/c21-15-4-7-17-18(12-15)28-20(24-17)26(10-1-9-25-11-8-23-13-25)19(27)14-2-5-16(22)6-3-14;/h2-8,11-13H,1,9-10H2;1H. The molecule has 1 amide bonds. The third-order valence-corrected chi connectivity index (χ3v) is 5.80. The monoisotopic (exact) mass is 494 g/mol. The van der Waals surface area contributed by atoms with Gasteiger partial charge in [-0.05, 0) is 48.9 Å². The molecule has 150 valence electrons. The fourth-order valence-corrected chi connectivity index (χ4v) is 4.41. The first-order chi connectivity index (χ1) is 13.6. The molecule has 0 aliphatic rings. The zero-order valence-corrected chi connectivity index (χ0v) is 18.4. The number of aromatic nitrogens is 3. The quantitative estimate of drug-likeness (QED) is 0.352. The van der Waals surface area contributed by atoms with Crippen LogP contribution in [-0.2, 0) is 6.54 Å². The highest BCUT2D eigenvalue weighted by molar-refractivity contribution is 9.10. The molecule has 0 aliphatic carbocycles. The van der Waals surface area contributed by atoms with Crippen molar-refractivity contribution < 1.29 is 9.18 Å². The molecule has 2 aromatic carbocycles. The molecular weight excluding hydrogens is 479 g/mol. The summed E-state index contributed by atoms with van der Waals surface area (Å²) in [6, 6.07) is 11.4. The Labute approximate surface area is 185 Å². The number of nitrogens with zero attached hydrogens (tertiary/aromatic N) is 4. The topological polar surface area (TPSA) is 51.0 Å². The van der Waals surface area contributed by atoms with Crippen LogP contribution in [0, 0.1) is 5.82 Å². The van der Waals surface area contributed by atoms with E-state index < -0.39 is 0 Å². The smallest absolute Gasteiger partial charge is 0.260 e. The summed E-state index contributed by atoms with van der Waals surface area (Å²) >= 11 is 4.93. The molecule has 5 nitrogen and oxygen atoms in total. The van der Waals surface area contributed by atoms with Crippen molar-refractivity contribution in [3.05, 3.63) is 77.0 Å². The number of amides is 1. The van der Waals surface area contributed by atoms with E-state index in [0.717, 1.165) is 27.7 Å². The molecule has 0 fully saturated rings. The van der Waals surface area contributed by atoms with E-state index in [1.165, 1.54) is 35.6 Å². The van der Waals surface area contributed by atoms with Crippen LogP contribution in [0.25, 0.3) is 10.2 Å². The second-order valence-corrected chi connectivity index (χ2v) is 8.15. The fourth-order valence-electron chi connectivity index (χ4n) is 2.86. The van der Waals surface area contributed by atoms with Gasteiger partial charge in [0, 0.05) is 35.5 Å². The summed E-state index contributed by atoms with van der Waals surface area (Å²) < 4.78 is 17.2. The lowest BCUT2D eigenvalue weighted by Gasteiger charge is -2.20. The van der Waals surface area contributed by atoms with E-state index in [1.54, 1.807) is 17.4 Å². The van der Waals surface area contributed by atoms with Gasteiger partial charge in [-0.1, -0.05) is 27.3 Å². The van der Waals surface area contributed by atoms with Gasteiger partial charge in [-0.25, -0.2) is 14.4 Å². The lowest BCUT2D eigenvalue weighted by atomic mass is 10.2. The van der Waals surface area contributed by atoms with Crippen molar-refractivity contribution in [2.45, 2.75) is 13.0 Å². The highest BCUT2D eigenvalue weighted by Crippen LogP contribution is 2.31. The van der Waals surface area contributed by atoms with Crippen LogP contribution in [0.3, 0.4) is 0 Å². The Balaban J connectivity index is 0.00000240. The summed E-state index contributed by atoms with van der Waals surface area (Å²) in [5, 5.41) is 0.632. The lowest BCUT2D eigenvalue weighted by molar-refractivity contribution is 0.0986. The second kappa shape index (κ2) is 9.47. The Bertz CT molecular complexity index is 1100. The molecule has 0 bridgehead atoms. The largest absolute Gasteiger partial charge is 0.337 e. The average molecular weight is 496 g/mol. The van der Waals surface area contributed by atoms with E-state index in [9.17, 15) is 9.18 Å². The predicted octanol–water partition coefficient (Wildman–Crippen LogP) is 5.55. The maximum Gasteiger partial charge on any atom is 0.260 e. The number of halogens is 3. The molecule has 0 radical (unpaired) electrons. The number of anilines is 1. The number of rotatable bonds is 6. The normalized spacial score (nSPS) is 10.7. The molecule has 2 aromatic heterocycles. The van der Waals surface area contributed by atoms with Crippen LogP contribution in [0.5, 0.6) is 0 Å². The van der Waals surface area contributed by atoms with Crippen molar-refractivity contribution >= 4 is 60.9 Å². The van der Waals surface area contributed by atoms with E-state index in [4.69, 9.17) is 0 Å². The number of hydrogen-bond donors (Lipinski definition) is 0. The van der Waals surface area contributed by atoms with Gasteiger partial charge < -0.3 is 4.57 Å². The molecule has 2 heterocycles. The number of imidazole rings is 1. The molecule has 29 heavy (non-hydrogen) atoms. The maximum absolute atomic E-state index is 13.3. The van der Waals surface area contributed by atoms with Crippen LogP contribution in [0.1, 0.15) is 16.8 Å². The molecule has 0 saturated heterocycles. The third kappa shape index (κ3) is 5.01. The number of hydrogen-bond acceptors (Lipinski definition) is 4. The fraction of sp³-hybridized carbons (Fsp3) is 0.150. The van der Waals surface area contributed by atoms with Crippen LogP contribution in [-0.4, -0.2) is 27.0 Å². The third-order valence-electron chi connectivity index (χ3n) is 4.26. The Morgan fingerprint density at radius 3 is 2.72 bits per heavy atom. The number of carbonyl (C=O) groups is 1. The van der Waals surface area contributed by atoms with Crippen molar-refractivity contribution in [3.8, 4) is 0 Å². The van der Waals surface area contributed by atoms with Crippen molar-refractivity contribution in [1.29, 1.82) is 0 Å². The summed E-state index contributed by atoms with van der Waals surface area (Å²) in [4.78, 5) is 23.5. The molecule has 0 N–H and O–H groups in total. The van der Waals surface area contributed by atoms with Crippen molar-refractivity contribution in [2.24, 2.45) is 0 Å². The van der Waals surface area contributed by atoms with Gasteiger partial charge in [-0.3, -0.25) is 9.69 Å². The summed E-state index contributed by atoms with van der Waals surface area (Å²) in [5.74, 6) is -0.559. The number of aryl methyl sites for hydroxylation is 1. The molecule has 0 aliphatic heterocycles. The van der Waals surface area contributed by atoms with Gasteiger partial charge in [-0.2, -0.15) is 0 Å². The summed E-state index contributed by atoms with van der Waals surface area (Å²) in [5.41, 5.74) is 1.28. The van der Waals surface area contributed by atoms with Gasteiger partial charge in [0.1, 0.15) is 5.82 Å². The number of carbonyl (C=O) groups excluding carboxylic acids is 1. The number of fused-ring (bicyclic) bond motifs is 1. The Morgan fingerprint density at radius 2 is 2.00 bits per heavy atom. The molecule has 9 heteroatoms. The van der Waals surface area contributed by atoms with Crippen LogP contribution >= 0.6 is 39.7 Å². The van der Waals surface area contributed by atoms with Crippen LogP contribution < -0.4 is 4.90 Å². The number of thiazole rings is 1. The van der Waals surface area contributed by atoms with Gasteiger partial charge in [0.2, 0.25) is 0 Å². The molecule has 0 unspecified atom stereocenters. The zero-order chi connectivity index (χ0) is 19.5. The van der Waals surface area contributed by atoms with Crippen LogP contribution in [0.4, 0.5) is 9.52 Å². The molecule has 0 spiro atoms. The van der Waals surface area contributed by atoms with Crippen molar-refractivity contribution in [3.63, 3.8) is 0 Å². The van der Waals surface area contributed by atoms with Crippen molar-refractivity contribution in [2.75, 3.05) is 11.4 Å². The first-order valence-electron chi connectivity index (χ1n) is 8.69. The average Bonchev–Trinajstić information content (AvgIpc) is 3.34. The minimum Gasteiger partial charge on any atom is -0.337 e. The first kappa shape index (κ1) is 21.4. The van der Waals surface area contributed by atoms with Gasteiger partial charge in [0.25, 0.3) is 5.91 Å². The minimum atomic E-state index is -0.368.